The summed E-state index contributed by atoms with van der Waals surface area (Å²) in [5.41, 5.74) is 2.26. The van der Waals surface area contributed by atoms with Crippen LogP contribution in [0.25, 0.3) is 0 Å². The van der Waals surface area contributed by atoms with E-state index in [1.807, 2.05) is 11.6 Å². The first-order valence-corrected chi connectivity index (χ1v) is 5.33. The Balaban J connectivity index is 2.98. The number of nitrogens with zero attached hydrogens (tertiary/aromatic N) is 2. The molecule has 0 atom stereocenters. The van der Waals surface area contributed by atoms with Gasteiger partial charge in [-0.3, -0.25) is 4.68 Å². The Hall–Kier alpha value is 0.170. The molecule has 11 heavy (non-hydrogen) atoms. The molecule has 1 heterocycles. The van der Waals surface area contributed by atoms with Gasteiger partial charge in [-0.15, -0.1) is 0 Å². The van der Waals surface area contributed by atoms with Gasteiger partial charge in [0.05, 0.1) is 16.7 Å². The van der Waals surface area contributed by atoms with Gasteiger partial charge in [-0.2, -0.15) is 5.10 Å². The molecule has 1 aromatic heterocycles. The minimum absolute atomic E-state index is 0.929. The molecule has 0 fully saturated rings. The molecule has 0 bridgehead atoms. The molecule has 0 aliphatic carbocycles. The van der Waals surface area contributed by atoms with Crippen molar-refractivity contribution in [2.24, 2.45) is 0 Å². The van der Waals surface area contributed by atoms with Crippen LogP contribution >= 0.6 is 31.9 Å². The molecule has 0 saturated heterocycles. The molecule has 0 saturated carbocycles. The molecule has 0 aliphatic rings. The number of halogens is 2. The van der Waals surface area contributed by atoms with E-state index in [0.717, 1.165) is 22.0 Å². The predicted molar refractivity (Wildman–Crippen MR) is 53.2 cm³/mol. The minimum atomic E-state index is 0.929. The van der Waals surface area contributed by atoms with Gasteiger partial charge in [-0.05, 0) is 29.8 Å². The van der Waals surface area contributed by atoms with Gasteiger partial charge in [0.2, 0.25) is 0 Å². The summed E-state index contributed by atoms with van der Waals surface area (Å²) >= 11 is 6.85. The largest absolute Gasteiger partial charge is 0.268 e. The zero-order valence-corrected chi connectivity index (χ0v) is 9.74. The van der Waals surface area contributed by atoms with Gasteiger partial charge in [0.15, 0.2) is 0 Å². The highest BCUT2D eigenvalue weighted by Crippen LogP contribution is 2.19. The molecule has 0 N–H and O–H groups in total. The van der Waals surface area contributed by atoms with Gasteiger partial charge in [0.1, 0.15) is 0 Å². The zero-order valence-electron chi connectivity index (χ0n) is 6.56. The Morgan fingerprint density at radius 3 is 2.45 bits per heavy atom. The molecule has 0 unspecified atom stereocenters. The van der Waals surface area contributed by atoms with Crippen LogP contribution in [0.5, 0.6) is 0 Å². The molecular formula is C7H10Br2N2. The average Bonchev–Trinajstić information content (AvgIpc) is 2.19. The topological polar surface area (TPSA) is 17.8 Å². The van der Waals surface area contributed by atoms with Crippen LogP contribution < -0.4 is 0 Å². The molecular weight excluding hydrogens is 272 g/mol. The third-order valence-corrected chi connectivity index (χ3v) is 3.09. The van der Waals surface area contributed by atoms with E-state index in [9.17, 15) is 0 Å². The molecule has 0 spiro atoms. The van der Waals surface area contributed by atoms with Crippen LogP contribution in [0, 0.1) is 13.8 Å². The Morgan fingerprint density at radius 2 is 2.09 bits per heavy atom. The fourth-order valence-electron chi connectivity index (χ4n) is 0.973. The molecule has 1 aromatic rings. The first kappa shape index (κ1) is 9.26. The lowest BCUT2D eigenvalue weighted by Gasteiger charge is -1.98. The molecule has 0 aromatic carbocycles. The maximum Gasteiger partial charge on any atom is 0.0738 e. The van der Waals surface area contributed by atoms with Crippen molar-refractivity contribution in [3.8, 4) is 0 Å². The highest BCUT2D eigenvalue weighted by molar-refractivity contribution is 9.10. The SMILES string of the molecule is Cc1nn(CCBr)c(C)c1Br. The van der Waals surface area contributed by atoms with Crippen LogP contribution in [0.2, 0.25) is 0 Å². The lowest BCUT2D eigenvalue weighted by Crippen LogP contribution is -2.02. The van der Waals surface area contributed by atoms with E-state index >= 15 is 0 Å². The summed E-state index contributed by atoms with van der Waals surface area (Å²) in [6, 6.07) is 0. The van der Waals surface area contributed by atoms with Crippen molar-refractivity contribution in [1.29, 1.82) is 0 Å². The second-order valence-electron chi connectivity index (χ2n) is 2.40. The minimum Gasteiger partial charge on any atom is -0.268 e. The summed E-state index contributed by atoms with van der Waals surface area (Å²) in [5, 5.41) is 5.29. The first-order chi connectivity index (χ1) is 5.16. The van der Waals surface area contributed by atoms with Gasteiger partial charge >= 0.3 is 0 Å². The van der Waals surface area contributed by atoms with Crippen LogP contribution in [-0.4, -0.2) is 15.1 Å². The monoisotopic (exact) mass is 280 g/mol. The molecule has 1 rings (SSSR count). The maximum absolute atomic E-state index is 4.34. The normalized spacial score (nSPS) is 10.5. The Kier molecular flexibility index (Phi) is 3.13. The smallest absolute Gasteiger partial charge is 0.0738 e. The summed E-state index contributed by atoms with van der Waals surface area (Å²) in [4.78, 5) is 0. The molecule has 2 nitrogen and oxygen atoms in total. The molecule has 4 heteroatoms. The Bertz CT molecular complexity index is 255. The second-order valence-corrected chi connectivity index (χ2v) is 3.98. The zero-order chi connectivity index (χ0) is 8.43. The van der Waals surface area contributed by atoms with Gasteiger partial charge < -0.3 is 0 Å². The van der Waals surface area contributed by atoms with E-state index in [1.165, 1.54) is 5.69 Å². The number of hydrogen-bond donors (Lipinski definition) is 0. The third-order valence-electron chi connectivity index (χ3n) is 1.59. The Morgan fingerprint density at radius 1 is 1.45 bits per heavy atom. The predicted octanol–water partition coefficient (Wildman–Crippen LogP) is 2.66. The molecule has 0 aliphatic heterocycles. The lowest BCUT2D eigenvalue weighted by molar-refractivity contribution is 0.642. The highest BCUT2D eigenvalue weighted by Gasteiger charge is 2.06. The van der Waals surface area contributed by atoms with Crippen molar-refractivity contribution >= 4 is 31.9 Å². The Labute approximate surface area is 83.2 Å². The number of aromatic nitrogens is 2. The number of aryl methyl sites for hydroxylation is 2. The summed E-state index contributed by atoms with van der Waals surface area (Å²) < 4.78 is 3.12. The van der Waals surface area contributed by atoms with E-state index < -0.39 is 0 Å². The van der Waals surface area contributed by atoms with Gasteiger partial charge in [-0.1, -0.05) is 15.9 Å². The van der Waals surface area contributed by atoms with Crippen molar-refractivity contribution in [3.63, 3.8) is 0 Å². The first-order valence-electron chi connectivity index (χ1n) is 3.42. The van der Waals surface area contributed by atoms with Crippen LogP contribution in [-0.2, 0) is 6.54 Å². The van der Waals surface area contributed by atoms with E-state index in [0.29, 0.717) is 0 Å². The number of rotatable bonds is 2. The fraction of sp³-hybridized carbons (Fsp3) is 0.571. The van der Waals surface area contributed by atoms with Gasteiger partial charge in [0, 0.05) is 11.0 Å². The lowest BCUT2D eigenvalue weighted by atomic mass is 10.4. The standard InChI is InChI=1S/C7H10Br2N2/c1-5-7(9)6(2)11(10-5)4-3-8/h3-4H2,1-2H3. The second kappa shape index (κ2) is 3.72. The van der Waals surface area contributed by atoms with Gasteiger partial charge in [-0.25, -0.2) is 0 Å². The van der Waals surface area contributed by atoms with Crippen molar-refractivity contribution in [2.75, 3.05) is 5.33 Å². The average molecular weight is 282 g/mol. The van der Waals surface area contributed by atoms with Crippen molar-refractivity contribution in [3.05, 3.63) is 15.9 Å². The highest BCUT2D eigenvalue weighted by atomic mass is 79.9. The van der Waals surface area contributed by atoms with Crippen LogP contribution in [0.4, 0.5) is 0 Å². The van der Waals surface area contributed by atoms with Crippen LogP contribution in [0.15, 0.2) is 4.47 Å². The fourth-order valence-corrected chi connectivity index (χ4v) is 1.59. The molecule has 62 valence electrons. The van der Waals surface area contributed by atoms with E-state index in [-0.39, 0.29) is 0 Å². The maximum atomic E-state index is 4.34. The van der Waals surface area contributed by atoms with Crippen molar-refractivity contribution in [2.45, 2.75) is 20.4 Å². The van der Waals surface area contributed by atoms with Crippen LogP contribution in [0.1, 0.15) is 11.4 Å². The summed E-state index contributed by atoms with van der Waals surface area (Å²) in [6.07, 6.45) is 0. The molecule has 0 radical (unpaired) electrons. The summed E-state index contributed by atoms with van der Waals surface area (Å²) in [7, 11) is 0. The number of alkyl halides is 1. The van der Waals surface area contributed by atoms with Crippen molar-refractivity contribution in [1.82, 2.24) is 9.78 Å². The van der Waals surface area contributed by atoms with E-state index in [1.54, 1.807) is 0 Å². The summed E-state index contributed by atoms with van der Waals surface area (Å²) in [5.74, 6) is 0. The van der Waals surface area contributed by atoms with E-state index in [4.69, 9.17) is 0 Å². The van der Waals surface area contributed by atoms with E-state index in [2.05, 4.69) is 43.9 Å². The quantitative estimate of drug-likeness (QED) is 0.762. The number of hydrogen-bond acceptors (Lipinski definition) is 1. The van der Waals surface area contributed by atoms with Crippen LogP contribution in [0.3, 0.4) is 0 Å². The third kappa shape index (κ3) is 1.85. The summed E-state index contributed by atoms with van der Waals surface area (Å²) in [6.45, 7) is 4.99. The molecule has 0 amide bonds. The van der Waals surface area contributed by atoms with Crippen molar-refractivity contribution < 1.29 is 0 Å². The van der Waals surface area contributed by atoms with Gasteiger partial charge in [0.25, 0.3) is 0 Å².